The molecule has 250 valence electrons. The first-order valence-corrected chi connectivity index (χ1v) is 17.4. The van der Waals surface area contributed by atoms with Crippen molar-refractivity contribution in [3.05, 3.63) is 13.2 Å². The standard InChI is InChI=1S/C27H55N3O.3C2H6.C2H4.CH2O/c1-6-23(2)19-25-20-24(3)21-27(4,22-25)30-26(31)29-18-16-14-12-10-8-7-9-11-13-15-17-28-5;5*1-2/h23-25,28H,6-22H2,1-5H3,(H2,29,30,31);3*1-2H3;1-2H2;1H2. The quantitative estimate of drug-likeness (QED) is 0.117. The minimum atomic E-state index is -0.0487. The second-order valence-electron chi connectivity index (χ2n) is 10.9. The van der Waals surface area contributed by atoms with E-state index in [4.69, 9.17) is 4.79 Å². The van der Waals surface area contributed by atoms with Crippen molar-refractivity contribution in [1.29, 1.82) is 0 Å². The Balaban J connectivity index is -0.000000387. The van der Waals surface area contributed by atoms with E-state index < -0.39 is 0 Å². The molecule has 0 aromatic carbocycles. The fourth-order valence-electron chi connectivity index (χ4n) is 5.60. The van der Waals surface area contributed by atoms with Crippen molar-refractivity contribution < 1.29 is 9.59 Å². The third kappa shape index (κ3) is 34.7. The summed E-state index contributed by atoms with van der Waals surface area (Å²) in [6, 6.07) is 0.0390. The number of amides is 2. The lowest BCUT2D eigenvalue weighted by Gasteiger charge is -2.42. The first kappa shape index (κ1) is 49.3. The van der Waals surface area contributed by atoms with Crippen LogP contribution in [0.5, 0.6) is 0 Å². The molecule has 0 spiro atoms. The van der Waals surface area contributed by atoms with Crippen molar-refractivity contribution in [3.8, 4) is 0 Å². The van der Waals surface area contributed by atoms with Crippen LogP contribution >= 0.6 is 0 Å². The van der Waals surface area contributed by atoms with Gasteiger partial charge in [-0.1, -0.05) is 120 Å². The van der Waals surface area contributed by atoms with E-state index in [-0.39, 0.29) is 11.6 Å². The van der Waals surface area contributed by atoms with Crippen molar-refractivity contribution in [2.75, 3.05) is 20.1 Å². The number of carbonyl (C=O) groups is 2. The summed E-state index contributed by atoms with van der Waals surface area (Å²) in [7, 11) is 2.03. The lowest BCUT2D eigenvalue weighted by Crippen LogP contribution is -2.54. The molecule has 1 saturated carbocycles. The number of nitrogens with one attached hydrogen (secondary N) is 3. The van der Waals surface area contributed by atoms with Crippen LogP contribution in [0.3, 0.4) is 0 Å². The Labute approximate surface area is 260 Å². The fraction of sp³-hybridized carbons (Fsp3) is 0.889. The van der Waals surface area contributed by atoms with E-state index in [0.29, 0.717) is 5.92 Å². The molecule has 1 aliphatic carbocycles. The maximum Gasteiger partial charge on any atom is 0.315 e. The molecule has 0 radical (unpaired) electrons. The molecule has 0 aromatic rings. The molecule has 41 heavy (non-hydrogen) atoms. The summed E-state index contributed by atoms with van der Waals surface area (Å²) in [6.45, 7) is 31.2. The smallest absolute Gasteiger partial charge is 0.315 e. The SMILES string of the molecule is C=C.C=O.CC.CC.CC.CCC(C)CC1CC(C)CC(C)(NC(=O)NCCCCCCCCCCCCNC)C1. The van der Waals surface area contributed by atoms with Crippen molar-refractivity contribution in [2.45, 2.75) is 171 Å². The predicted octanol–water partition coefficient (Wildman–Crippen LogP) is 10.7. The molecule has 0 aromatic heterocycles. The summed E-state index contributed by atoms with van der Waals surface area (Å²) in [5, 5.41) is 9.67. The van der Waals surface area contributed by atoms with Crippen LogP contribution in [0.15, 0.2) is 13.2 Å². The van der Waals surface area contributed by atoms with Gasteiger partial charge in [0.05, 0.1) is 0 Å². The zero-order chi connectivity index (χ0) is 33.0. The normalized spacial score (nSPS) is 19.3. The summed E-state index contributed by atoms with van der Waals surface area (Å²) >= 11 is 0. The maximum atomic E-state index is 12.5. The van der Waals surface area contributed by atoms with Crippen LogP contribution in [0, 0.1) is 17.8 Å². The lowest BCUT2D eigenvalue weighted by molar-refractivity contribution is -0.0980. The molecule has 3 N–H and O–H groups in total. The molecule has 0 heterocycles. The number of urea groups is 1. The van der Waals surface area contributed by atoms with Gasteiger partial charge >= 0.3 is 6.03 Å². The van der Waals surface area contributed by atoms with Gasteiger partial charge in [0, 0.05) is 12.1 Å². The average molecular weight is 586 g/mol. The van der Waals surface area contributed by atoms with Crippen molar-refractivity contribution in [3.63, 3.8) is 0 Å². The van der Waals surface area contributed by atoms with Gasteiger partial charge in [0.2, 0.25) is 0 Å². The largest absolute Gasteiger partial charge is 0.338 e. The van der Waals surface area contributed by atoms with Crippen LogP contribution in [0.2, 0.25) is 0 Å². The Bertz CT molecular complexity index is 487. The van der Waals surface area contributed by atoms with E-state index >= 15 is 0 Å². The zero-order valence-corrected chi connectivity index (χ0v) is 30.2. The van der Waals surface area contributed by atoms with E-state index in [2.05, 4.69) is 56.8 Å². The fourth-order valence-corrected chi connectivity index (χ4v) is 5.60. The minimum Gasteiger partial charge on any atom is -0.338 e. The molecule has 4 unspecified atom stereocenters. The van der Waals surface area contributed by atoms with Gasteiger partial charge in [-0.2, -0.15) is 0 Å². The van der Waals surface area contributed by atoms with E-state index in [1.807, 2.05) is 55.4 Å². The van der Waals surface area contributed by atoms with Crippen molar-refractivity contribution >= 4 is 12.8 Å². The van der Waals surface area contributed by atoms with Gasteiger partial charge in [0.15, 0.2) is 0 Å². The van der Waals surface area contributed by atoms with Crippen molar-refractivity contribution in [2.24, 2.45) is 17.8 Å². The van der Waals surface area contributed by atoms with Crippen LogP contribution < -0.4 is 16.0 Å². The first-order valence-electron chi connectivity index (χ1n) is 17.4. The zero-order valence-electron chi connectivity index (χ0n) is 30.2. The Hall–Kier alpha value is -1.36. The number of hydrogen-bond donors (Lipinski definition) is 3. The Morgan fingerprint density at radius 3 is 1.63 bits per heavy atom. The molecule has 0 saturated heterocycles. The number of hydrogen-bond acceptors (Lipinski definition) is 3. The second-order valence-corrected chi connectivity index (χ2v) is 10.9. The van der Waals surface area contributed by atoms with Gasteiger partial charge in [-0.25, -0.2) is 4.79 Å². The van der Waals surface area contributed by atoms with Crippen LogP contribution in [0.4, 0.5) is 4.79 Å². The molecule has 1 rings (SSSR count). The summed E-state index contributed by atoms with van der Waals surface area (Å²) in [4.78, 5) is 20.5. The summed E-state index contributed by atoms with van der Waals surface area (Å²) in [5.41, 5.74) is -0.0487. The molecular formula is C36H79N3O2. The molecule has 1 fully saturated rings. The van der Waals surface area contributed by atoms with E-state index in [0.717, 1.165) is 44.2 Å². The van der Waals surface area contributed by atoms with Gasteiger partial charge in [-0.3, -0.25) is 0 Å². The Morgan fingerprint density at radius 1 is 0.805 bits per heavy atom. The molecule has 5 heteroatoms. The van der Waals surface area contributed by atoms with E-state index in [1.165, 1.54) is 77.0 Å². The molecule has 5 nitrogen and oxygen atoms in total. The van der Waals surface area contributed by atoms with Crippen LogP contribution in [-0.2, 0) is 4.79 Å². The van der Waals surface area contributed by atoms with Crippen LogP contribution in [0.25, 0.3) is 0 Å². The van der Waals surface area contributed by atoms with Gasteiger partial charge in [-0.05, 0) is 76.8 Å². The molecular weight excluding hydrogens is 506 g/mol. The molecule has 1 aliphatic rings. The highest BCUT2D eigenvalue weighted by atomic mass is 16.2. The number of rotatable bonds is 17. The third-order valence-electron chi connectivity index (χ3n) is 7.26. The number of unbranched alkanes of at least 4 members (excludes halogenated alkanes) is 9. The van der Waals surface area contributed by atoms with Gasteiger partial charge < -0.3 is 20.7 Å². The number of carbonyl (C=O) groups excluding carboxylic acids is 2. The summed E-state index contributed by atoms with van der Waals surface area (Å²) < 4.78 is 0. The minimum absolute atomic E-state index is 0.0390. The maximum absolute atomic E-state index is 12.5. The second kappa shape index (κ2) is 40.8. The average Bonchev–Trinajstić information content (AvgIpc) is 2.99. The van der Waals surface area contributed by atoms with Gasteiger partial charge in [-0.15, -0.1) is 13.2 Å². The molecule has 0 aliphatic heterocycles. The van der Waals surface area contributed by atoms with Gasteiger partial charge in [0.1, 0.15) is 6.79 Å². The highest BCUT2D eigenvalue weighted by molar-refractivity contribution is 5.74. The lowest BCUT2D eigenvalue weighted by atomic mass is 9.69. The molecule has 4 atom stereocenters. The van der Waals surface area contributed by atoms with E-state index in [1.54, 1.807) is 0 Å². The van der Waals surface area contributed by atoms with Crippen LogP contribution in [0.1, 0.15) is 166 Å². The Morgan fingerprint density at radius 2 is 1.22 bits per heavy atom. The Kier molecular flexibility index (Phi) is 49.1. The highest BCUT2D eigenvalue weighted by Gasteiger charge is 2.36. The topological polar surface area (TPSA) is 70.2 Å². The molecule has 0 bridgehead atoms. The van der Waals surface area contributed by atoms with Crippen LogP contribution in [-0.4, -0.2) is 38.5 Å². The summed E-state index contributed by atoms with van der Waals surface area (Å²) in [6.07, 6.45) is 19.3. The van der Waals surface area contributed by atoms with E-state index in [9.17, 15) is 4.79 Å². The third-order valence-corrected chi connectivity index (χ3v) is 7.26. The van der Waals surface area contributed by atoms with Crippen molar-refractivity contribution in [1.82, 2.24) is 16.0 Å². The highest BCUT2D eigenvalue weighted by Crippen LogP contribution is 2.39. The predicted molar refractivity (Wildman–Crippen MR) is 188 cm³/mol. The molecule has 2 amide bonds. The summed E-state index contributed by atoms with van der Waals surface area (Å²) in [5.74, 6) is 2.23. The van der Waals surface area contributed by atoms with Gasteiger partial charge in [0.25, 0.3) is 0 Å². The first-order chi connectivity index (χ1) is 19.9. The monoisotopic (exact) mass is 586 g/mol.